The fraction of sp³-hybridized carbons (Fsp3) is 0.500. The average Bonchev–Trinajstić information content (AvgIpc) is 3.05. The van der Waals surface area contributed by atoms with Gasteiger partial charge in [-0.15, -0.1) is 11.4 Å². The first-order chi connectivity index (χ1) is 24.1. The molecule has 2 aliphatic carbocycles. The molecule has 4 aromatic carbocycles. The summed E-state index contributed by atoms with van der Waals surface area (Å²) in [6, 6.07) is 22.1. The first-order valence-electron chi connectivity index (χ1n) is 19.5. The Balaban J connectivity index is 0.000000232. The van der Waals surface area contributed by atoms with Gasteiger partial charge in [0.25, 0.3) is 0 Å². The maximum Gasteiger partial charge on any atom is 0 e. The number of hydrogen-bond donors (Lipinski definition) is 0. The number of fused-ring (bicyclic) bond motifs is 2. The first-order valence-corrected chi connectivity index (χ1v) is 20.3. The van der Waals surface area contributed by atoms with Gasteiger partial charge in [0.2, 0.25) is 0 Å². The molecule has 0 saturated heterocycles. The molecule has 6 rings (SSSR count). The van der Waals surface area contributed by atoms with Gasteiger partial charge in [0.15, 0.2) is 0 Å². The second-order valence-corrected chi connectivity index (χ2v) is 20.0. The minimum absolute atomic E-state index is 0. The van der Waals surface area contributed by atoms with Crippen molar-refractivity contribution in [2.45, 2.75) is 166 Å². The molecule has 0 fully saturated rings. The van der Waals surface area contributed by atoms with E-state index in [2.05, 4.69) is 144 Å². The maximum absolute atomic E-state index is 5.88. The van der Waals surface area contributed by atoms with Crippen LogP contribution in [0, 0.1) is 0 Å². The van der Waals surface area contributed by atoms with E-state index in [9.17, 15) is 0 Å². The molecule has 0 heterocycles. The van der Waals surface area contributed by atoms with Crippen molar-refractivity contribution in [2.24, 2.45) is 0 Å². The second-order valence-electron chi connectivity index (χ2n) is 19.2. The number of benzene rings is 4. The molecule has 0 bridgehead atoms. The number of nitrogens with zero attached hydrogens (tertiary/aromatic N) is 2. The molecule has 0 unspecified atom stereocenters. The molecule has 0 saturated carbocycles. The molecule has 0 spiro atoms. The molecule has 4 aromatic rings. The van der Waals surface area contributed by atoms with Gasteiger partial charge in [-0.3, -0.25) is 0 Å². The van der Waals surface area contributed by atoms with E-state index in [4.69, 9.17) is 35.9 Å². The van der Waals surface area contributed by atoms with Gasteiger partial charge < -0.3 is 35.9 Å². The van der Waals surface area contributed by atoms with Crippen LogP contribution in [0.2, 0.25) is 0 Å². The monoisotopic (exact) mass is 788 g/mol. The van der Waals surface area contributed by atoms with E-state index in [0.717, 1.165) is 45.4 Å². The molecule has 0 amide bonds. The van der Waals surface area contributed by atoms with Gasteiger partial charge in [-0.1, -0.05) is 166 Å². The Kier molecular flexibility index (Phi) is 13.6. The molecule has 0 aliphatic heterocycles. The van der Waals surface area contributed by atoms with Crippen LogP contribution in [0.4, 0.5) is 22.7 Å². The summed E-state index contributed by atoms with van der Waals surface area (Å²) in [7, 11) is 0. The van der Waals surface area contributed by atoms with Crippen molar-refractivity contribution in [3.8, 4) is 0 Å². The van der Waals surface area contributed by atoms with Gasteiger partial charge in [0, 0.05) is 16.5 Å². The second kappa shape index (κ2) is 16.6. The number of rotatable bonds is 4. The van der Waals surface area contributed by atoms with Crippen LogP contribution in [0.3, 0.4) is 0 Å². The third-order valence-electron chi connectivity index (χ3n) is 10.7. The fourth-order valence-electron chi connectivity index (χ4n) is 7.36. The first kappa shape index (κ1) is 43.1. The molecule has 5 heteroatoms. The molecule has 0 radical (unpaired) electrons. The van der Waals surface area contributed by atoms with Gasteiger partial charge in [0.1, 0.15) is 0 Å². The van der Waals surface area contributed by atoms with E-state index in [1.165, 1.54) is 83.0 Å². The van der Waals surface area contributed by atoms with Gasteiger partial charge in [0.05, 0.1) is 0 Å². The summed E-state index contributed by atoms with van der Waals surface area (Å²) in [6.45, 7) is 26.9. The summed E-state index contributed by atoms with van der Waals surface area (Å²) in [5, 5.41) is 10.2. The Morgan fingerprint density at radius 1 is 0.434 bits per heavy atom. The molecule has 2 aliphatic rings. The Morgan fingerprint density at radius 3 is 1.09 bits per heavy atom. The van der Waals surface area contributed by atoms with E-state index in [-0.39, 0.29) is 38.2 Å². The van der Waals surface area contributed by atoms with Crippen LogP contribution < -0.4 is 0 Å². The van der Waals surface area contributed by atoms with Crippen LogP contribution in [0.5, 0.6) is 0 Å². The smallest absolute Gasteiger partial charge is 0 e. The van der Waals surface area contributed by atoms with Crippen molar-refractivity contribution >= 4 is 48.0 Å². The van der Waals surface area contributed by atoms with Gasteiger partial charge in [-0.05, 0) is 95.3 Å². The molecule has 0 aromatic heterocycles. The van der Waals surface area contributed by atoms with E-state index in [1.54, 1.807) is 0 Å². The van der Waals surface area contributed by atoms with Crippen molar-refractivity contribution < 1.29 is 16.5 Å². The summed E-state index contributed by atoms with van der Waals surface area (Å²) >= 11 is 11.8. The zero-order chi connectivity index (χ0) is 38.2. The SMILES string of the molecule is CC(C)(C)c1cc([N-]c2cccc3c2CCCC3)c([S-])c(C(C)(C)C)c1.CC(C)(C)c1cc([N-]c2cccc3c2CCCC3)c([S-])c(C(C)(C)C)c1.[Ni]. The van der Waals surface area contributed by atoms with Crippen LogP contribution in [0.25, 0.3) is 10.6 Å². The summed E-state index contributed by atoms with van der Waals surface area (Å²) in [5.74, 6) is 0. The van der Waals surface area contributed by atoms with Gasteiger partial charge in [-0.25, -0.2) is 0 Å². The summed E-state index contributed by atoms with van der Waals surface area (Å²) in [5.41, 5.74) is 15.1. The standard InChI is InChI=1S/2C24H32NS.Ni/c2*1-23(2,3)17-14-19(24(4,5)6)22(26)21(15-17)25-20-13-9-11-16-10-7-8-12-18(16)20;/h2*9,11,13-15,26H,7-8,10,12H2,1-6H3;/q2*-1;/p-2. The number of hydrogen-bond acceptors (Lipinski definition) is 2. The molecule has 0 atom stereocenters. The van der Waals surface area contributed by atoms with E-state index in [1.807, 2.05) is 0 Å². The predicted octanol–water partition coefficient (Wildman–Crippen LogP) is 14.8. The topological polar surface area (TPSA) is 28.2 Å². The maximum atomic E-state index is 5.88. The quantitative estimate of drug-likeness (QED) is 0.152. The van der Waals surface area contributed by atoms with Crippen molar-refractivity contribution in [3.63, 3.8) is 0 Å². The van der Waals surface area contributed by atoms with Crippen molar-refractivity contribution in [3.05, 3.63) is 116 Å². The molecule has 0 N–H and O–H groups in total. The van der Waals surface area contributed by atoms with Crippen molar-refractivity contribution in [2.75, 3.05) is 0 Å². The Labute approximate surface area is 344 Å². The van der Waals surface area contributed by atoms with Crippen LogP contribution in [0.1, 0.15) is 153 Å². The van der Waals surface area contributed by atoms with Crippen molar-refractivity contribution in [1.29, 1.82) is 0 Å². The zero-order valence-corrected chi connectivity index (χ0v) is 37.1. The molecule has 290 valence electrons. The third-order valence-corrected chi connectivity index (χ3v) is 11.6. The fourth-order valence-corrected chi connectivity index (χ4v) is 8.30. The van der Waals surface area contributed by atoms with E-state index >= 15 is 0 Å². The Hall–Kier alpha value is -2.59. The summed E-state index contributed by atoms with van der Waals surface area (Å²) < 4.78 is 0. The van der Waals surface area contributed by atoms with Gasteiger partial charge in [-0.2, -0.15) is 21.2 Å². The molecule has 2 nitrogen and oxygen atoms in total. The van der Waals surface area contributed by atoms with Crippen LogP contribution >= 0.6 is 0 Å². The molecule has 53 heavy (non-hydrogen) atoms. The average molecular weight is 790 g/mol. The van der Waals surface area contributed by atoms with Gasteiger partial charge >= 0.3 is 0 Å². The van der Waals surface area contributed by atoms with Crippen LogP contribution in [-0.2, 0) is 89.1 Å². The predicted molar refractivity (Wildman–Crippen MR) is 230 cm³/mol. The summed E-state index contributed by atoms with van der Waals surface area (Å²) in [6.07, 6.45) is 9.71. The third kappa shape index (κ3) is 10.4. The molecular formula is C48H62N2NiS2-4. The number of aryl methyl sites for hydroxylation is 2. The Bertz CT molecular complexity index is 1760. The minimum atomic E-state index is 0. The van der Waals surface area contributed by atoms with E-state index in [0.29, 0.717) is 0 Å². The van der Waals surface area contributed by atoms with Crippen molar-refractivity contribution in [1.82, 2.24) is 0 Å². The zero-order valence-electron chi connectivity index (χ0n) is 34.5. The Morgan fingerprint density at radius 2 is 0.774 bits per heavy atom. The minimum Gasteiger partial charge on any atom is -0.781 e. The molecular weight excluding hydrogens is 727 g/mol. The van der Waals surface area contributed by atoms with Crippen LogP contribution in [-0.4, -0.2) is 0 Å². The van der Waals surface area contributed by atoms with Crippen LogP contribution in [0.15, 0.2) is 70.5 Å². The normalized spacial score (nSPS) is 14.6. The van der Waals surface area contributed by atoms with E-state index < -0.39 is 0 Å². The summed E-state index contributed by atoms with van der Waals surface area (Å²) in [4.78, 5) is 1.80. The largest absolute Gasteiger partial charge is 0.781 e.